The Morgan fingerprint density at radius 2 is 2.20 bits per heavy atom. The predicted molar refractivity (Wildman–Crippen MR) is 71.5 cm³/mol. The number of rotatable bonds is 1. The van der Waals surface area contributed by atoms with Crippen LogP contribution in [0.5, 0.6) is 0 Å². The van der Waals surface area contributed by atoms with Gasteiger partial charge in [0.1, 0.15) is 0 Å². The van der Waals surface area contributed by atoms with E-state index in [2.05, 4.69) is 27.6 Å². The summed E-state index contributed by atoms with van der Waals surface area (Å²) in [5.74, 6) is 0. The van der Waals surface area contributed by atoms with Crippen molar-refractivity contribution in [2.75, 3.05) is 6.26 Å². The van der Waals surface area contributed by atoms with Crippen molar-refractivity contribution in [3.05, 3.63) is 32.1 Å². The van der Waals surface area contributed by atoms with E-state index in [1.54, 1.807) is 11.6 Å². The molecule has 0 fully saturated rings. The minimum Gasteiger partial charge on any atom is -0.290 e. The smallest absolute Gasteiger partial charge is 0.261 e. The molecule has 0 aliphatic carbocycles. The van der Waals surface area contributed by atoms with Crippen LogP contribution in [0.1, 0.15) is 0 Å². The number of benzene rings is 1. The van der Waals surface area contributed by atoms with Crippen LogP contribution in [0.25, 0.3) is 10.9 Å². The fraction of sp³-hybridized carbons (Fsp3) is 0.200. The van der Waals surface area contributed by atoms with Gasteiger partial charge in [0.2, 0.25) is 0 Å². The lowest BCUT2D eigenvalue weighted by Gasteiger charge is -2.07. The Morgan fingerprint density at radius 1 is 1.47 bits per heavy atom. The van der Waals surface area contributed by atoms with E-state index in [1.165, 1.54) is 11.8 Å². The van der Waals surface area contributed by atoms with Crippen LogP contribution in [-0.2, 0) is 7.05 Å². The second kappa shape index (κ2) is 4.13. The summed E-state index contributed by atoms with van der Waals surface area (Å²) in [6.45, 7) is 0. The number of hydrogen-bond donors (Lipinski definition) is 0. The molecule has 0 N–H and O–H groups in total. The number of thioether (sulfide) groups is 1. The van der Waals surface area contributed by atoms with Crippen LogP contribution < -0.4 is 5.56 Å². The standard InChI is InChI=1S/C10H9IN2OS/c1-13-9(14)6-4-3-5-7(11)8(6)12-10(13)15-2/h3-5H,1-2H3. The van der Waals surface area contributed by atoms with Gasteiger partial charge in [0.05, 0.1) is 10.9 Å². The molecule has 78 valence electrons. The van der Waals surface area contributed by atoms with Gasteiger partial charge >= 0.3 is 0 Å². The Hall–Kier alpha value is -0.560. The fourth-order valence-electron chi connectivity index (χ4n) is 1.42. The number of fused-ring (bicyclic) bond motifs is 1. The molecule has 1 heterocycles. The van der Waals surface area contributed by atoms with Gasteiger partial charge in [-0.25, -0.2) is 4.98 Å². The average Bonchev–Trinajstić information content (AvgIpc) is 2.24. The molecule has 0 amide bonds. The third kappa shape index (κ3) is 1.78. The summed E-state index contributed by atoms with van der Waals surface area (Å²) in [4.78, 5) is 16.4. The van der Waals surface area contributed by atoms with Crippen LogP contribution in [0.15, 0.2) is 28.2 Å². The molecule has 5 heteroatoms. The Kier molecular flexibility index (Phi) is 3.01. The Morgan fingerprint density at radius 3 is 2.87 bits per heavy atom. The molecule has 0 unspecified atom stereocenters. The molecule has 0 radical (unpaired) electrons. The maximum Gasteiger partial charge on any atom is 0.261 e. The van der Waals surface area contributed by atoms with E-state index in [1.807, 2.05) is 24.5 Å². The molecule has 0 bridgehead atoms. The van der Waals surface area contributed by atoms with E-state index in [4.69, 9.17) is 0 Å². The second-order valence-corrected chi connectivity index (χ2v) is 5.03. The molecule has 0 aliphatic rings. The van der Waals surface area contributed by atoms with Crippen molar-refractivity contribution in [1.82, 2.24) is 9.55 Å². The molecule has 0 saturated carbocycles. The number of aromatic nitrogens is 2. The van der Waals surface area contributed by atoms with Gasteiger partial charge in [0, 0.05) is 10.6 Å². The molecular formula is C10H9IN2OS. The van der Waals surface area contributed by atoms with Crippen molar-refractivity contribution in [2.24, 2.45) is 7.05 Å². The van der Waals surface area contributed by atoms with E-state index in [0.29, 0.717) is 5.39 Å². The number of para-hydroxylation sites is 1. The molecule has 1 aromatic heterocycles. The van der Waals surface area contributed by atoms with Crippen LogP contribution >= 0.6 is 34.4 Å². The van der Waals surface area contributed by atoms with Gasteiger partial charge in [-0.15, -0.1) is 0 Å². The van der Waals surface area contributed by atoms with Gasteiger partial charge in [-0.2, -0.15) is 0 Å². The van der Waals surface area contributed by atoms with Crippen molar-refractivity contribution < 1.29 is 0 Å². The summed E-state index contributed by atoms with van der Waals surface area (Å²) in [7, 11) is 1.75. The van der Waals surface area contributed by atoms with Crippen LogP contribution in [0.2, 0.25) is 0 Å². The monoisotopic (exact) mass is 332 g/mol. The lowest BCUT2D eigenvalue weighted by molar-refractivity contribution is 0.727. The number of hydrogen-bond acceptors (Lipinski definition) is 3. The predicted octanol–water partition coefficient (Wildman–Crippen LogP) is 2.26. The third-order valence-corrected chi connectivity index (χ3v) is 3.80. The molecule has 15 heavy (non-hydrogen) atoms. The molecule has 0 aliphatic heterocycles. The third-order valence-electron chi connectivity index (χ3n) is 2.20. The van der Waals surface area contributed by atoms with E-state index in [9.17, 15) is 4.79 Å². The zero-order chi connectivity index (χ0) is 11.0. The van der Waals surface area contributed by atoms with Gasteiger partial charge in [-0.3, -0.25) is 9.36 Å². The first-order valence-electron chi connectivity index (χ1n) is 4.34. The minimum atomic E-state index is 0.0165. The number of halogens is 1. The van der Waals surface area contributed by atoms with Crippen LogP contribution in [0.4, 0.5) is 0 Å². The average molecular weight is 332 g/mol. The van der Waals surface area contributed by atoms with Crippen LogP contribution in [0, 0.1) is 3.57 Å². The minimum absolute atomic E-state index is 0.0165. The maximum atomic E-state index is 12.0. The van der Waals surface area contributed by atoms with Gasteiger partial charge in [-0.05, 0) is 41.0 Å². The maximum absolute atomic E-state index is 12.0. The molecule has 2 aromatic rings. The van der Waals surface area contributed by atoms with E-state index in [0.717, 1.165) is 14.2 Å². The molecule has 2 rings (SSSR count). The highest BCUT2D eigenvalue weighted by molar-refractivity contribution is 14.1. The zero-order valence-electron chi connectivity index (χ0n) is 8.32. The summed E-state index contributed by atoms with van der Waals surface area (Å²) >= 11 is 3.68. The van der Waals surface area contributed by atoms with Gasteiger partial charge in [0.25, 0.3) is 5.56 Å². The van der Waals surface area contributed by atoms with Crippen molar-refractivity contribution >= 4 is 45.3 Å². The van der Waals surface area contributed by atoms with Crippen LogP contribution in [-0.4, -0.2) is 15.8 Å². The molecule has 0 spiro atoms. The Balaban J connectivity index is 2.98. The quantitative estimate of drug-likeness (QED) is 0.456. The SMILES string of the molecule is CSc1nc2c(I)cccc2c(=O)n1C. The lowest BCUT2D eigenvalue weighted by Crippen LogP contribution is -2.20. The highest BCUT2D eigenvalue weighted by atomic mass is 127. The Bertz CT molecular complexity index is 579. The first-order valence-corrected chi connectivity index (χ1v) is 6.64. The van der Waals surface area contributed by atoms with Crippen molar-refractivity contribution in [3.8, 4) is 0 Å². The summed E-state index contributed by atoms with van der Waals surface area (Å²) in [5, 5.41) is 1.43. The lowest BCUT2D eigenvalue weighted by atomic mass is 10.2. The second-order valence-electron chi connectivity index (χ2n) is 3.10. The molecule has 0 atom stereocenters. The van der Waals surface area contributed by atoms with Crippen LogP contribution in [0.3, 0.4) is 0 Å². The molecule has 3 nitrogen and oxygen atoms in total. The van der Waals surface area contributed by atoms with E-state index >= 15 is 0 Å². The zero-order valence-corrected chi connectivity index (χ0v) is 11.3. The van der Waals surface area contributed by atoms with Gasteiger partial charge < -0.3 is 0 Å². The number of nitrogens with zero attached hydrogens (tertiary/aromatic N) is 2. The first-order chi connectivity index (χ1) is 7.15. The van der Waals surface area contributed by atoms with Gasteiger partial charge in [0.15, 0.2) is 5.16 Å². The van der Waals surface area contributed by atoms with E-state index in [-0.39, 0.29) is 5.56 Å². The summed E-state index contributed by atoms with van der Waals surface area (Å²) in [6.07, 6.45) is 1.92. The molecule has 0 saturated heterocycles. The van der Waals surface area contributed by atoms with E-state index < -0.39 is 0 Å². The summed E-state index contributed by atoms with van der Waals surface area (Å²) < 4.78 is 2.60. The summed E-state index contributed by atoms with van der Waals surface area (Å²) in [5.41, 5.74) is 0.813. The molecule has 1 aromatic carbocycles. The first kappa shape index (κ1) is 10.9. The summed E-state index contributed by atoms with van der Waals surface area (Å²) in [6, 6.07) is 5.66. The molecular weight excluding hydrogens is 323 g/mol. The largest absolute Gasteiger partial charge is 0.290 e. The topological polar surface area (TPSA) is 34.9 Å². The Labute approximate surface area is 105 Å². The van der Waals surface area contributed by atoms with Crippen molar-refractivity contribution in [3.63, 3.8) is 0 Å². The van der Waals surface area contributed by atoms with Gasteiger partial charge in [-0.1, -0.05) is 17.8 Å². The van der Waals surface area contributed by atoms with Crippen molar-refractivity contribution in [1.29, 1.82) is 0 Å². The highest BCUT2D eigenvalue weighted by Crippen LogP contribution is 2.18. The van der Waals surface area contributed by atoms with Crippen molar-refractivity contribution in [2.45, 2.75) is 5.16 Å². The normalized spacial score (nSPS) is 10.9. The highest BCUT2D eigenvalue weighted by Gasteiger charge is 2.08. The fourth-order valence-corrected chi connectivity index (χ4v) is 2.58.